The van der Waals surface area contributed by atoms with Gasteiger partial charge in [0, 0.05) is 5.69 Å². The molecule has 128 valence electrons. The first-order chi connectivity index (χ1) is 11.4. The van der Waals surface area contributed by atoms with E-state index in [0.717, 1.165) is 12.1 Å². The summed E-state index contributed by atoms with van der Waals surface area (Å²) >= 11 is 11.6. The lowest BCUT2D eigenvalue weighted by molar-refractivity contribution is 0.415. The molecule has 0 saturated carbocycles. The number of ether oxygens (including phenoxy) is 1. The van der Waals surface area contributed by atoms with Crippen LogP contribution in [0.1, 0.15) is 36.1 Å². The number of thiocarbonyl (C=S) groups is 1. The molecule has 1 atom stereocenters. The Bertz CT molecular complexity index is 733. The number of benzene rings is 2. The Morgan fingerprint density at radius 3 is 2.54 bits per heavy atom. The standard InChI is InChI=1S/C19H23ClN2OS/c1-5-17(15-8-6-12(2)10-13(15)3)22-19(24)21-14-7-9-18(23-4)16(20)11-14/h6-11,17H,5H2,1-4H3,(H2,21,22,24)/t17-/m0/s1. The lowest BCUT2D eigenvalue weighted by Gasteiger charge is -2.22. The van der Waals surface area contributed by atoms with Gasteiger partial charge in [-0.3, -0.25) is 0 Å². The highest BCUT2D eigenvalue weighted by molar-refractivity contribution is 7.80. The molecule has 3 nitrogen and oxygen atoms in total. The van der Waals surface area contributed by atoms with Crippen LogP contribution in [-0.2, 0) is 0 Å². The molecule has 5 heteroatoms. The van der Waals surface area contributed by atoms with Gasteiger partial charge in [-0.25, -0.2) is 0 Å². The smallest absolute Gasteiger partial charge is 0.171 e. The minimum Gasteiger partial charge on any atom is -0.495 e. The summed E-state index contributed by atoms with van der Waals surface area (Å²) < 4.78 is 5.16. The van der Waals surface area contributed by atoms with Crippen LogP contribution in [0, 0.1) is 13.8 Å². The van der Waals surface area contributed by atoms with Gasteiger partial charge < -0.3 is 15.4 Å². The van der Waals surface area contributed by atoms with E-state index in [-0.39, 0.29) is 6.04 Å². The van der Waals surface area contributed by atoms with E-state index < -0.39 is 0 Å². The van der Waals surface area contributed by atoms with Gasteiger partial charge in [0.1, 0.15) is 5.75 Å². The highest BCUT2D eigenvalue weighted by atomic mass is 35.5. The molecule has 24 heavy (non-hydrogen) atoms. The van der Waals surface area contributed by atoms with Crippen molar-refractivity contribution in [1.82, 2.24) is 5.32 Å². The van der Waals surface area contributed by atoms with Crippen molar-refractivity contribution < 1.29 is 4.74 Å². The van der Waals surface area contributed by atoms with Crippen LogP contribution < -0.4 is 15.4 Å². The van der Waals surface area contributed by atoms with E-state index in [1.807, 2.05) is 12.1 Å². The molecule has 2 rings (SSSR count). The Hall–Kier alpha value is -1.78. The van der Waals surface area contributed by atoms with Crippen LogP contribution in [0.3, 0.4) is 0 Å². The molecule has 2 N–H and O–H groups in total. The first-order valence-electron chi connectivity index (χ1n) is 7.92. The number of anilines is 1. The minimum absolute atomic E-state index is 0.166. The average molecular weight is 363 g/mol. The zero-order valence-corrected chi connectivity index (χ0v) is 16.0. The van der Waals surface area contributed by atoms with Gasteiger partial charge in [-0.1, -0.05) is 42.3 Å². The number of halogens is 1. The molecule has 0 radical (unpaired) electrons. The second kappa shape index (κ2) is 8.36. The minimum atomic E-state index is 0.166. The Morgan fingerprint density at radius 1 is 1.21 bits per heavy atom. The predicted octanol–water partition coefficient (Wildman–Crippen LogP) is 5.40. The summed E-state index contributed by atoms with van der Waals surface area (Å²) in [5.74, 6) is 0.641. The van der Waals surface area contributed by atoms with Gasteiger partial charge in [0.15, 0.2) is 5.11 Å². The van der Waals surface area contributed by atoms with Crippen LogP contribution in [0.2, 0.25) is 5.02 Å². The van der Waals surface area contributed by atoms with Crippen LogP contribution in [0.15, 0.2) is 36.4 Å². The van der Waals surface area contributed by atoms with E-state index in [9.17, 15) is 0 Å². The third-order valence-electron chi connectivity index (χ3n) is 3.92. The molecule has 2 aromatic rings. The summed E-state index contributed by atoms with van der Waals surface area (Å²) in [7, 11) is 1.59. The van der Waals surface area contributed by atoms with Crippen molar-refractivity contribution in [3.05, 3.63) is 58.1 Å². The van der Waals surface area contributed by atoms with E-state index in [1.54, 1.807) is 13.2 Å². The van der Waals surface area contributed by atoms with Gasteiger partial charge >= 0.3 is 0 Å². The highest BCUT2D eigenvalue weighted by Gasteiger charge is 2.13. The summed E-state index contributed by atoms with van der Waals surface area (Å²) in [5, 5.41) is 7.69. The van der Waals surface area contributed by atoms with Crippen LogP contribution in [0.25, 0.3) is 0 Å². The van der Waals surface area contributed by atoms with Crippen molar-refractivity contribution >= 4 is 34.6 Å². The third kappa shape index (κ3) is 4.62. The molecule has 0 aliphatic heterocycles. The Labute approximate surface area is 154 Å². The van der Waals surface area contributed by atoms with Gasteiger partial charge in [0.2, 0.25) is 0 Å². The van der Waals surface area contributed by atoms with Crippen molar-refractivity contribution in [2.24, 2.45) is 0 Å². The number of hydrogen-bond acceptors (Lipinski definition) is 2. The number of hydrogen-bond donors (Lipinski definition) is 2. The molecular formula is C19H23ClN2OS. The molecule has 0 unspecified atom stereocenters. The van der Waals surface area contributed by atoms with Crippen molar-refractivity contribution in [2.75, 3.05) is 12.4 Å². The summed E-state index contributed by atoms with van der Waals surface area (Å²) in [6.07, 6.45) is 0.940. The van der Waals surface area contributed by atoms with Crippen molar-refractivity contribution in [2.45, 2.75) is 33.2 Å². The predicted molar refractivity (Wildman–Crippen MR) is 106 cm³/mol. The van der Waals surface area contributed by atoms with E-state index in [4.69, 9.17) is 28.6 Å². The third-order valence-corrected chi connectivity index (χ3v) is 4.44. The van der Waals surface area contributed by atoms with Gasteiger partial charge in [-0.05, 0) is 61.8 Å². The highest BCUT2D eigenvalue weighted by Crippen LogP contribution is 2.27. The van der Waals surface area contributed by atoms with Crippen LogP contribution in [0.4, 0.5) is 5.69 Å². The zero-order valence-electron chi connectivity index (χ0n) is 14.4. The lowest BCUT2D eigenvalue weighted by Crippen LogP contribution is -2.32. The maximum atomic E-state index is 6.15. The molecule has 0 heterocycles. The summed E-state index contributed by atoms with van der Waals surface area (Å²) in [6.45, 7) is 6.38. The van der Waals surface area contributed by atoms with Crippen LogP contribution >= 0.6 is 23.8 Å². The molecule has 0 fully saturated rings. The molecular weight excluding hydrogens is 340 g/mol. The SMILES string of the molecule is CC[C@H](NC(=S)Nc1ccc(OC)c(Cl)c1)c1ccc(C)cc1C. The topological polar surface area (TPSA) is 33.3 Å². The van der Waals surface area contributed by atoms with Gasteiger partial charge in [-0.2, -0.15) is 0 Å². The van der Waals surface area contributed by atoms with E-state index in [2.05, 4.69) is 49.6 Å². The molecule has 0 amide bonds. The summed E-state index contributed by atoms with van der Waals surface area (Å²) in [4.78, 5) is 0. The number of rotatable bonds is 5. The fourth-order valence-electron chi connectivity index (χ4n) is 2.69. The lowest BCUT2D eigenvalue weighted by atomic mass is 9.98. The Kier molecular flexibility index (Phi) is 6.46. The normalized spacial score (nSPS) is 11.7. The molecule has 0 aromatic heterocycles. The number of methoxy groups -OCH3 is 1. The van der Waals surface area contributed by atoms with Crippen molar-refractivity contribution in [3.8, 4) is 5.75 Å². The first-order valence-corrected chi connectivity index (χ1v) is 8.71. The maximum absolute atomic E-state index is 6.15. The zero-order chi connectivity index (χ0) is 17.7. The van der Waals surface area contributed by atoms with Gasteiger partial charge in [0.25, 0.3) is 0 Å². The second-order valence-electron chi connectivity index (χ2n) is 5.77. The monoisotopic (exact) mass is 362 g/mol. The first kappa shape index (κ1) is 18.6. The van der Waals surface area contributed by atoms with Crippen molar-refractivity contribution in [1.29, 1.82) is 0 Å². The van der Waals surface area contributed by atoms with Gasteiger partial charge in [0.05, 0.1) is 18.2 Å². The second-order valence-corrected chi connectivity index (χ2v) is 6.58. The van der Waals surface area contributed by atoms with Crippen molar-refractivity contribution in [3.63, 3.8) is 0 Å². The molecule has 0 bridgehead atoms. The summed E-state index contributed by atoms with van der Waals surface area (Å²) in [5.41, 5.74) is 4.62. The fraction of sp³-hybridized carbons (Fsp3) is 0.316. The quantitative estimate of drug-likeness (QED) is 0.697. The molecule has 0 saturated heterocycles. The Balaban J connectivity index is 2.08. The van der Waals surface area contributed by atoms with Crippen LogP contribution in [-0.4, -0.2) is 12.2 Å². The fourth-order valence-corrected chi connectivity index (χ4v) is 3.20. The average Bonchev–Trinajstić information content (AvgIpc) is 2.53. The molecule has 0 aliphatic carbocycles. The van der Waals surface area contributed by atoms with Crippen LogP contribution in [0.5, 0.6) is 5.75 Å². The maximum Gasteiger partial charge on any atom is 0.171 e. The number of aryl methyl sites for hydroxylation is 2. The largest absolute Gasteiger partial charge is 0.495 e. The Morgan fingerprint density at radius 2 is 1.96 bits per heavy atom. The van der Waals surface area contributed by atoms with E-state index in [1.165, 1.54) is 16.7 Å². The number of nitrogens with one attached hydrogen (secondary N) is 2. The molecule has 2 aromatic carbocycles. The molecule has 0 aliphatic rings. The van der Waals surface area contributed by atoms with E-state index in [0.29, 0.717) is 15.9 Å². The summed E-state index contributed by atoms with van der Waals surface area (Å²) in [6, 6.07) is 12.2. The van der Waals surface area contributed by atoms with E-state index >= 15 is 0 Å². The molecule has 0 spiro atoms. The van der Waals surface area contributed by atoms with Gasteiger partial charge in [-0.15, -0.1) is 0 Å².